The summed E-state index contributed by atoms with van der Waals surface area (Å²) in [5.74, 6) is -0.556. The Balaban J connectivity index is 1.49. The third-order valence-electron chi connectivity index (χ3n) is 3.54. The molecule has 0 spiro atoms. The summed E-state index contributed by atoms with van der Waals surface area (Å²) in [6.45, 7) is 0. The molecule has 2 aromatic carbocycles. The minimum absolute atomic E-state index is 0.202. The summed E-state index contributed by atoms with van der Waals surface area (Å²) in [4.78, 5) is 24.1. The molecule has 0 aliphatic heterocycles. The maximum atomic E-state index is 12.2. The summed E-state index contributed by atoms with van der Waals surface area (Å²) < 4.78 is 5.02. The Kier molecular flexibility index (Phi) is 6.25. The number of nitrogens with one attached hydrogen (secondary N) is 4. The Hall–Kier alpha value is -3.36. The summed E-state index contributed by atoms with van der Waals surface area (Å²) in [6, 6.07) is 16.5. The minimum Gasteiger partial charge on any atom is -0.459 e. The van der Waals surface area contributed by atoms with Crippen LogP contribution in [0, 0.1) is 0 Å². The molecule has 0 atom stereocenters. The molecule has 9 heteroatoms. The quantitative estimate of drug-likeness (QED) is 0.383. The lowest BCUT2D eigenvalue weighted by Crippen LogP contribution is -2.43. The topological polar surface area (TPSA) is 95.4 Å². The van der Waals surface area contributed by atoms with Crippen molar-refractivity contribution in [3.8, 4) is 0 Å². The first-order valence-corrected chi connectivity index (χ1v) is 8.88. The fraction of sp³-hybridized carbons (Fsp3) is 0. The molecule has 3 aromatic rings. The zero-order valence-corrected chi connectivity index (χ0v) is 15.9. The number of anilines is 2. The van der Waals surface area contributed by atoms with E-state index in [0.717, 1.165) is 5.69 Å². The van der Waals surface area contributed by atoms with Crippen molar-refractivity contribution in [2.75, 3.05) is 10.6 Å². The van der Waals surface area contributed by atoms with Gasteiger partial charge in [0.2, 0.25) is 0 Å². The highest BCUT2D eigenvalue weighted by Gasteiger charge is 2.10. The number of benzene rings is 2. The van der Waals surface area contributed by atoms with Gasteiger partial charge in [-0.25, -0.2) is 0 Å². The predicted octanol–water partition coefficient (Wildman–Crippen LogP) is 3.82. The SMILES string of the molecule is O=C(NNC(=S)Nc1ccc(Cl)cc1)c1ccc(NC(=O)c2ccco2)cc1. The van der Waals surface area contributed by atoms with Crippen LogP contribution < -0.4 is 21.5 Å². The van der Waals surface area contributed by atoms with Gasteiger partial charge in [0.25, 0.3) is 11.8 Å². The number of halogens is 1. The Morgan fingerprint density at radius 2 is 1.46 bits per heavy atom. The third-order valence-corrected chi connectivity index (χ3v) is 4.00. The molecular weight excluding hydrogens is 400 g/mol. The van der Waals surface area contributed by atoms with Crippen molar-refractivity contribution in [1.82, 2.24) is 10.9 Å². The van der Waals surface area contributed by atoms with E-state index in [1.165, 1.54) is 6.26 Å². The first kappa shape index (κ1) is 19.4. The summed E-state index contributed by atoms with van der Waals surface area (Å²) in [7, 11) is 0. The maximum Gasteiger partial charge on any atom is 0.291 e. The van der Waals surface area contributed by atoms with Crippen LogP contribution in [0.5, 0.6) is 0 Å². The van der Waals surface area contributed by atoms with Crippen molar-refractivity contribution < 1.29 is 14.0 Å². The van der Waals surface area contributed by atoms with E-state index in [4.69, 9.17) is 28.2 Å². The van der Waals surface area contributed by atoms with Crippen molar-refractivity contribution in [1.29, 1.82) is 0 Å². The molecule has 0 fully saturated rings. The molecule has 0 aliphatic rings. The van der Waals surface area contributed by atoms with Crippen LogP contribution in [0.15, 0.2) is 71.3 Å². The highest BCUT2D eigenvalue weighted by Crippen LogP contribution is 2.13. The average Bonchev–Trinajstić information content (AvgIpc) is 3.23. The summed E-state index contributed by atoms with van der Waals surface area (Å²) in [6.07, 6.45) is 1.42. The standard InChI is InChI=1S/C19H15ClN4O3S/c20-13-5-9-15(10-6-13)22-19(28)24-23-17(25)12-3-7-14(8-4-12)21-18(26)16-2-1-11-27-16/h1-11H,(H,21,26)(H,23,25)(H2,22,24,28). The van der Waals surface area contributed by atoms with Crippen molar-refractivity contribution in [2.45, 2.75) is 0 Å². The summed E-state index contributed by atoms with van der Waals surface area (Å²) in [5.41, 5.74) is 6.76. The van der Waals surface area contributed by atoms with Gasteiger partial charge in [-0.3, -0.25) is 20.4 Å². The molecule has 0 aliphatic carbocycles. The second-order valence-electron chi connectivity index (χ2n) is 5.55. The van der Waals surface area contributed by atoms with Gasteiger partial charge in [-0.05, 0) is 72.9 Å². The molecule has 0 radical (unpaired) electrons. The van der Waals surface area contributed by atoms with E-state index in [2.05, 4.69) is 21.5 Å². The number of hydrogen-bond acceptors (Lipinski definition) is 4. The molecule has 0 unspecified atom stereocenters. The van der Waals surface area contributed by atoms with Gasteiger partial charge in [0.1, 0.15) is 0 Å². The Morgan fingerprint density at radius 3 is 2.11 bits per heavy atom. The molecule has 28 heavy (non-hydrogen) atoms. The molecule has 142 valence electrons. The minimum atomic E-state index is -0.385. The number of hydrogen-bond donors (Lipinski definition) is 4. The lowest BCUT2D eigenvalue weighted by atomic mass is 10.2. The Morgan fingerprint density at radius 1 is 0.821 bits per heavy atom. The van der Waals surface area contributed by atoms with Crippen LogP contribution in [0.4, 0.5) is 11.4 Å². The van der Waals surface area contributed by atoms with E-state index < -0.39 is 0 Å². The van der Waals surface area contributed by atoms with Gasteiger partial charge in [0, 0.05) is 22.0 Å². The first-order valence-electron chi connectivity index (χ1n) is 8.09. The summed E-state index contributed by atoms with van der Waals surface area (Å²) in [5, 5.41) is 6.42. The zero-order chi connectivity index (χ0) is 19.9. The number of rotatable bonds is 4. The Labute approximate surface area is 171 Å². The van der Waals surface area contributed by atoms with Crippen LogP contribution in [0.25, 0.3) is 0 Å². The fourth-order valence-electron chi connectivity index (χ4n) is 2.19. The van der Waals surface area contributed by atoms with Gasteiger partial charge in [-0.2, -0.15) is 0 Å². The fourth-order valence-corrected chi connectivity index (χ4v) is 2.48. The number of thiocarbonyl (C=S) groups is 1. The van der Waals surface area contributed by atoms with Crippen LogP contribution in [0.2, 0.25) is 5.02 Å². The van der Waals surface area contributed by atoms with Crippen molar-refractivity contribution in [2.24, 2.45) is 0 Å². The number of carbonyl (C=O) groups is 2. The molecular formula is C19H15ClN4O3S. The largest absolute Gasteiger partial charge is 0.459 e. The van der Waals surface area contributed by atoms with Crippen LogP contribution >= 0.6 is 23.8 Å². The molecule has 7 nitrogen and oxygen atoms in total. The number of hydrazine groups is 1. The number of carbonyl (C=O) groups excluding carboxylic acids is 2. The lowest BCUT2D eigenvalue weighted by molar-refractivity contribution is 0.0943. The number of amides is 2. The van der Waals surface area contributed by atoms with Gasteiger partial charge in [0.15, 0.2) is 10.9 Å². The van der Waals surface area contributed by atoms with E-state index in [1.54, 1.807) is 60.7 Å². The lowest BCUT2D eigenvalue weighted by Gasteiger charge is -2.12. The summed E-state index contributed by atoms with van der Waals surface area (Å²) >= 11 is 10.9. The van der Waals surface area contributed by atoms with Crippen LogP contribution in [0.3, 0.4) is 0 Å². The molecule has 1 aromatic heterocycles. The van der Waals surface area contributed by atoms with E-state index in [-0.39, 0.29) is 22.7 Å². The first-order chi connectivity index (χ1) is 13.5. The molecule has 0 bridgehead atoms. The Bertz CT molecular complexity index is 973. The van der Waals surface area contributed by atoms with Gasteiger partial charge >= 0.3 is 0 Å². The van der Waals surface area contributed by atoms with Crippen LogP contribution in [-0.2, 0) is 0 Å². The van der Waals surface area contributed by atoms with Gasteiger partial charge in [-0.15, -0.1) is 0 Å². The van der Waals surface area contributed by atoms with Crippen molar-refractivity contribution in [3.63, 3.8) is 0 Å². The maximum absolute atomic E-state index is 12.2. The monoisotopic (exact) mass is 414 g/mol. The van der Waals surface area contributed by atoms with E-state index in [0.29, 0.717) is 16.3 Å². The molecule has 3 rings (SSSR count). The van der Waals surface area contributed by atoms with E-state index in [1.807, 2.05) is 0 Å². The highest BCUT2D eigenvalue weighted by molar-refractivity contribution is 7.80. The zero-order valence-electron chi connectivity index (χ0n) is 14.4. The van der Waals surface area contributed by atoms with Gasteiger partial charge in [0.05, 0.1) is 6.26 Å². The van der Waals surface area contributed by atoms with Crippen LogP contribution in [0.1, 0.15) is 20.9 Å². The van der Waals surface area contributed by atoms with Gasteiger partial charge < -0.3 is 15.1 Å². The van der Waals surface area contributed by atoms with Crippen molar-refractivity contribution in [3.05, 3.63) is 83.3 Å². The van der Waals surface area contributed by atoms with Crippen LogP contribution in [-0.4, -0.2) is 16.9 Å². The highest BCUT2D eigenvalue weighted by atomic mass is 35.5. The molecule has 1 heterocycles. The molecule has 4 N–H and O–H groups in total. The molecule has 0 saturated heterocycles. The second-order valence-corrected chi connectivity index (χ2v) is 6.39. The smallest absolute Gasteiger partial charge is 0.291 e. The molecule has 2 amide bonds. The van der Waals surface area contributed by atoms with E-state index in [9.17, 15) is 9.59 Å². The number of furan rings is 1. The third kappa shape index (κ3) is 5.32. The normalized spacial score (nSPS) is 10.0. The average molecular weight is 415 g/mol. The predicted molar refractivity (Wildman–Crippen MR) is 111 cm³/mol. The van der Waals surface area contributed by atoms with E-state index >= 15 is 0 Å². The molecule has 0 saturated carbocycles. The second kappa shape index (κ2) is 9.03. The van der Waals surface area contributed by atoms with Gasteiger partial charge in [-0.1, -0.05) is 11.6 Å². The van der Waals surface area contributed by atoms with Crippen molar-refractivity contribution >= 4 is 52.1 Å².